The van der Waals surface area contributed by atoms with Crippen LogP contribution in [-0.4, -0.2) is 40.4 Å². The molecule has 84 valence electrons. The monoisotopic (exact) mass is 225 g/mol. The summed E-state index contributed by atoms with van der Waals surface area (Å²) in [6.45, 7) is 2.26. The molecule has 0 aromatic carbocycles. The lowest BCUT2D eigenvalue weighted by Crippen LogP contribution is -2.47. The molecule has 0 unspecified atom stereocenters. The molecule has 1 aliphatic rings. The van der Waals surface area contributed by atoms with Crippen LogP contribution in [0.25, 0.3) is 0 Å². The maximum atomic E-state index is 10.8. The Bertz CT molecular complexity index is 278. The van der Waals surface area contributed by atoms with Crippen molar-refractivity contribution in [3.05, 3.63) is 0 Å². The topological polar surface area (TPSA) is 87.8 Å². The van der Waals surface area contributed by atoms with E-state index in [0.29, 0.717) is 13.0 Å². The Morgan fingerprint density at radius 2 is 2.14 bits per heavy atom. The fraction of sp³-hybridized carbons (Fsp3) is 1.00. The van der Waals surface area contributed by atoms with E-state index in [2.05, 4.69) is 0 Å². The van der Waals surface area contributed by atoms with Crippen LogP contribution in [0.1, 0.15) is 13.3 Å². The van der Waals surface area contributed by atoms with Crippen LogP contribution in [0, 0.1) is 0 Å². The predicted molar refractivity (Wildman–Crippen MR) is 48.8 cm³/mol. The Labute approximate surface area is 83.6 Å². The summed E-state index contributed by atoms with van der Waals surface area (Å²) in [6, 6.07) is 0. The summed E-state index contributed by atoms with van der Waals surface area (Å²) in [5.41, 5.74) is 0. The molecule has 6 nitrogen and oxygen atoms in total. The molecule has 1 saturated heterocycles. The minimum atomic E-state index is -3.96. The van der Waals surface area contributed by atoms with Gasteiger partial charge >= 0.3 is 10.3 Å². The molecule has 0 amide bonds. The second-order valence-electron chi connectivity index (χ2n) is 3.19. The molecule has 0 aliphatic carbocycles. The largest absolute Gasteiger partial charge is 0.379 e. The Morgan fingerprint density at radius 3 is 2.64 bits per heavy atom. The van der Waals surface area contributed by atoms with Gasteiger partial charge in [-0.2, -0.15) is 8.42 Å². The standard InChI is InChI=1S/C7H15NO5S/c1-5-7(13-14(8,9)10)6(11-2)3-4-12-5/h5-7H,3-4H2,1-2H3,(H2,8,9,10)/t5-,6-,7+/m0/s1. The van der Waals surface area contributed by atoms with E-state index in [4.69, 9.17) is 18.8 Å². The number of nitrogens with two attached hydrogens (primary N) is 1. The molecule has 0 saturated carbocycles. The minimum absolute atomic E-state index is 0.294. The second kappa shape index (κ2) is 4.54. The molecule has 0 bridgehead atoms. The maximum Gasteiger partial charge on any atom is 0.333 e. The van der Waals surface area contributed by atoms with E-state index in [1.165, 1.54) is 7.11 Å². The van der Waals surface area contributed by atoms with Crippen LogP contribution in [0.2, 0.25) is 0 Å². The van der Waals surface area contributed by atoms with Crippen molar-refractivity contribution in [1.29, 1.82) is 0 Å². The van der Waals surface area contributed by atoms with Crippen LogP contribution < -0.4 is 5.14 Å². The average molecular weight is 225 g/mol. The minimum Gasteiger partial charge on any atom is -0.379 e. The Kier molecular flexibility index (Phi) is 3.85. The molecule has 0 spiro atoms. The zero-order valence-electron chi connectivity index (χ0n) is 8.17. The summed E-state index contributed by atoms with van der Waals surface area (Å²) in [5, 5.41) is 4.78. The normalized spacial score (nSPS) is 34.4. The molecule has 0 aromatic rings. The number of hydrogen-bond donors (Lipinski definition) is 1. The highest BCUT2D eigenvalue weighted by Gasteiger charge is 2.35. The Balaban J connectivity index is 2.69. The summed E-state index contributed by atoms with van der Waals surface area (Å²) < 4.78 is 36.5. The fourth-order valence-electron chi connectivity index (χ4n) is 1.48. The van der Waals surface area contributed by atoms with Gasteiger partial charge in [-0.1, -0.05) is 0 Å². The molecule has 1 aliphatic heterocycles. The summed E-state index contributed by atoms with van der Waals surface area (Å²) in [5.74, 6) is 0. The van der Waals surface area contributed by atoms with Gasteiger partial charge in [-0.3, -0.25) is 0 Å². The van der Waals surface area contributed by atoms with Crippen LogP contribution in [0.4, 0.5) is 0 Å². The highest BCUT2D eigenvalue weighted by Crippen LogP contribution is 2.20. The van der Waals surface area contributed by atoms with Gasteiger partial charge in [0.05, 0.1) is 12.2 Å². The molecular formula is C7H15NO5S. The van der Waals surface area contributed by atoms with Crippen molar-refractivity contribution in [3.8, 4) is 0 Å². The quantitative estimate of drug-likeness (QED) is 0.693. The molecule has 1 heterocycles. The van der Waals surface area contributed by atoms with Crippen molar-refractivity contribution in [2.45, 2.75) is 31.7 Å². The Hall–Kier alpha value is -0.210. The lowest BCUT2D eigenvalue weighted by molar-refractivity contribution is -0.126. The molecule has 7 heteroatoms. The molecular weight excluding hydrogens is 210 g/mol. The lowest BCUT2D eigenvalue weighted by atomic mass is 10.0. The van der Waals surface area contributed by atoms with Crippen LogP contribution in [0.3, 0.4) is 0 Å². The number of methoxy groups -OCH3 is 1. The first kappa shape index (κ1) is 11.9. The van der Waals surface area contributed by atoms with Crippen LogP contribution in [-0.2, 0) is 24.0 Å². The van der Waals surface area contributed by atoms with Gasteiger partial charge in [0, 0.05) is 13.7 Å². The zero-order chi connectivity index (χ0) is 10.8. The van der Waals surface area contributed by atoms with E-state index in [1.807, 2.05) is 0 Å². The van der Waals surface area contributed by atoms with E-state index in [0.717, 1.165) is 0 Å². The third kappa shape index (κ3) is 3.18. The summed E-state index contributed by atoms with van der Waals surface area (Å²) in [6.07, 6.45) is -0.700. The van der Waals surface area contributed by atoms with E-state index >= 15 is 0 Å². The van der Waals surface area contributed by atoms with Crippen molar-refractivity contribution >= 4 is 10.3 Å². The third-order valence-electron chi connectivity index (χ3n) is 2.16. The van der Waals surface area contributed by atoms with Crippen molar-refractivity contribution in [3.63, 3.8) is 0 Å². The van der Waals surface area contributed by atoms with Gasteiger partial charge in [0.15, 0.2) is 0 Å². The van der Waals surface area contributed by atoms with Crippen molar-refractivity contribution in [2.75, 3.05) is 13.7 Å². The first-order chi connectivity index (χ1) is 6.44. The van der Waals surface area contributed by atoms with Gasteiger partial charge in [-0.25, -0.2) is 9.32 Å². The first-order valence-corrected chi connectivity index (χ1v) is 5.76. The zero-order valence-corrected chi connectivity index (χ0v) is 8.99. The van der Waals surface area contributed by atoms with Gasteiger partial charge in [-0.05, 0) is 13.3 Å². The molecule has 1 rings (SSSR count). The van der Waals surface area contributed by atoms with Gasteiger partial charge in [0.2, 0.25) is 0 Å². The van der Waals surface area contributed by atoms with E-state index < -0.39 is 16.4 Å². The van der Waals surface area contributed by atoms with E-state index in [-0.39, 0.29) is 12.2 Å². The molecule has 1 fully saturated rings. The highest BCUT2D eigenvalue weighted by atomic mass is 32.2. The summed E-state index contributed by atoms with van der Waals surface area (Å²) >= 11 is 0. The number of rotatable bonds is 3. The fourth-order valence-corrected chi connectivity index (χ4v) is 2.07. The second-order valence-corrected chi connectivity index (χ2v) is 4.37. The van der Waals surface area contributed by atoms with Crippen molar-refractivity contribution < 1.29 is 22.1 Å². The first-order valence-electron chi connectivity index (χ1n) is 4.29. The van der Waals surface area contributed by atoms with E-state index in [9.17, 15) is 8.42 Å². The lowest BCUT2D eigenvalue weighted by Gasteiger charge is -2.34. The average Bonchev–Trinajstić information content (AvgIpc) is 2.06. The van der Waals surface area contributed by atoms with Gasteiger partial charge in [0.25, 0.3) is 0 Å². The molecule has 14 heavy (non-hydrogen) atoms. The molecule has 0 radical (unpaired) electrons. The van der Waals surface area contributed by atoms with Crippen LogP contribution in [0.5, 0.6) is 0 Å². The van der Waals surface area contributed by atoms with Gasteiger partial charge in [0.1, 0.15) is 6.10 Å². The SMILES string of the molecule is CO[C@H]1CCO[C@@H](C)[C@H]1OS(N)(=O)=O. The predicted octanol–water partition coefficient (Wildman–Crippen LogP) is -0.601. The number of ether oxygens (including phenoxy) is 2. The van der Waals surface area contributed by atoms with Gasteiger partial charge < -0.3 is 9.47 Å². The Morgan fingerprint density at radius 1 is 1.50 bits per heavy atom. The van der Waals surface area contributed by atoms with Gasteiger partial charge in [-0.15, -0.1) is 0 Å². The molecule has 2 N–H and O–H groups in total. The molecule has 0 aromatic heterocycles. The van der Waals surface area contributed by atoms with Crippen molar-refractivity contribution in [1.82, 2.24) is 0 Å². The van der Waals surface area contributed by atoms with Crippen LogP contribution >= 0.6 is 0 Å². The number of hydrogen-bond acceptors (Lipinski definition) is 5. The summed E-state index contributed by atoms with van der Waals surface area (Å²) in [4.78, 5) is 0. The van der Waals surface area contributed by atoms with E-state index in [1.54, 1.807) is 6.92 Å². The smallest absolute Gasteiger partial charge is 0.333 e. The molecule has 3 atom stereocenters. The highest BCUT2D eigenvalue weighted by molar-refractivity contribution is 7.84. The van der Waals surface area contributed by atoms with Crippen LogP contribution in [0.15, 0.2) is 0 Å². The van der Waals surface area contributed by atoms with Crippen molar-refractivity contribution in [2.24, 2.45) is 5.14 Å². The summed E-state index contributed by atoms with van der Waals surface area (Å²) in [7, 11) is -2.46. The third-order valence-corrected chi connectivity index (χ3v) is 2.65. The maximum absolute atomic E-state index is 10.8.